The fourth-order valence-electron chi connectivity index (χ4n) is 6.10. The van der Waals surface area contributed by atoms with E-state index < -0.39 is 21.6 Å². The number of hydrogen-bond acceptors (Lipinski definition) is 4. The molecule has 1 aliphatic carbocycles. The number of piperidine rings is 1. The van der Waals surface area contributed by atoms with Crippen LogP contribution in [0.2, 0.25) is 0 Å². The summed E-state index contributed by atoms with van der Waals surface area (Å²) in [7, 11) is -3.44. The fraction of sp³-hybridized carbons (Fsp3) is 0.500. The third-order valence-electron chi connectivity index (χ3n) is 8.17. The van der Waals surface area contributed by atoms with E-state index in [-0.39, 0.29) is 40.7 Å². The first-order valence-corrected chi connectivity index (χ1v) is 15.2. The highest BCUT2D eigenvalue weighted by atomic mass is 35.5. The van der Waals surface area contributed by atoms with Crippen molar-refractivity contribution in [2.75, 3.05) is 25.4 Å². The summed E-state index contributed by atoms with van der Waals surface area (Å²) in [5.41, 5.74) is 2.42. The second-order valence-electron chi connectivity index (χ2n) is 10.8. The Bertz CT molecular complexity index is 1260. The van der Waals surface area contributed by atoms with Gasteiger partial charge < -0.3 is 10.0 Å². The Morgan fingerprint density at radius 1 is 1.03 bits per heavy atom. The number of carbonyl (C=O) groups is 1. The quantitative estimate of drug-likeness (QED) is 0.251. The van der Waals surface area contributed by atoms with Crippen molar-refractivity contribution in [3.05, 3.63) is 76.9 Å². The number of sulfone groups is 1. The van der Waals surface area contributed by atoms with Crippen LogP contribution < -0.4 is 0 Å². The molecule has 5 nitrogen and oxygen atoms in total. The average Bonchev–Trinajstić information content (AvgIpc) is 3.30. The lowest BCUT2D eigenvalue weighted by Crippen LogP contribution is -2.38. The maximum atomic E-state index is 14.1. The summed E-state index contributed by atoms with van der Waals surface area (Å²) < 4.78 is 52.5. The molecule has 1 heterocycles. The van der Waals surface area contributed by atoms with Gasteiger partial charge in [-0.05, 0) is 111 Å². The SMILES string of the molecule is CCC/C(C(=O)O)=C1\CC(CN2CCC(CCS(=O)(=O)c3ccc(F)cc3)CC2)C(c2cccc(F)c2)C1.Cl. The zero-order valence-electron chi connectivity index (χ0n) is 22.3. The molecule has 4 rings (SSSR count). The van der Waals surface area contributed by atoms with Gasteiger partial charge in [-0.2, -0.15) is 0 Å². The van der Waals surface area contributed by atoms with Gasteiger partial charge >= 0.3 is 5.97 Å². The van der Waals surface area contributed by atoms with Gasteiger partial charge in [0.1, 0.15) is 11.6 Å². The molecule has 1 saturated carbocycles. The Hall–Kier alpha value is -2.29. The Morgan fingerprint density at radius 2 is 1.72 bits per heavy atom. The van der Waals surface area contributed by atoms with Gasteiger partial charge in [-0.15, -0.1) is 12.4 Å². The van der Waals surface area contributed by atoms with E-state index in [1.807, 2.05) is 13.0 Å². The normalized spacial score (nSPS) is 21.9. The van der Waals surface area contributed by atoms with Gasteiger partial charge in [0.25, 0.3) is 0 Å². The minimum absolute atomic E-state index is 0. The molecule has 2 fully saturated rings. The molecule has 1 saturated heterocycles. The van der Waals surface area contributed by atoms with Gasteiger partial charge in [-0.1, -0.05) is 31.1 Å². The first-order chi connectivity index (χ1) is 18.2. The topological polar surface area (TPSA) is 74.7 Å². The molecule has 2 aliphatic rings. The van der Waals surface area contributed by atoms with E-state index >= 15 is 0 Å². The van der Waals surface area contributed by atoms with Crippen LogP contribution in [-0.2, 0) is 14.6 Å². The number of likely N-dealkylation sites (tertiary alicyclic amines) is 1. The minimum Gasteiger partial charge on any atom is -0.478 e. The van der Waals surface area contributed by atoms with E-state index in [0.29, 0.717) is 37.2 Å². The summed E-state index contributed by atoms with van der Waals surface area (Å²) in [4.78, 5) is 14.5. The molecule has 0 radical (unpaired) electrons. The lowest BCUT2D eigenvalue weighted by molar-refractivity contribution is -0.132. The zero-order chi connectivity index (χ0) is 27.3. The van der Waals surface area contributed by atoms with Gasteiger partial charge in [0, 0.05) is 12.1 Å². The summed E-state index contributed by atoms with van der Waals surface area (Å²) in [6, 6.07) is 11.7. The molecule has 2 atom stereocenters. The molecular formula is C30H38ClF2NO4S. The van der Waals surface area contributed by atoms with E-state index in [0.717, 1.165) is 50.0 Å². The van der Waals surface area contributed by atoms with Gasteiger partial charge in [0.2, 0.25) is 0 Å². The van der Waals surface area contributed by atoms with Crippen LogP contribution in [0.4, 0.5) is 8.78 Å². The van der Waals surface area contributed by atoms with Crippen molar-refractivity contribution in [3.63, 3.8) is 0 Å². The number of hydrogen-bond donors (Lipinski definition) is 1. The number of aliphatic carboxylic acids is 1. The number of nitrogens with zero attached hydrogens (tertiary/aromatic N) is 1. The first kappa shape index (κ1) is 31.2. The highest BCUT2D eigenvalue weighted by Gasteiger charge is 2.36. The maximum absolute atomic E-state index is 14.1. The number of halogens is 3. The van der Waals surface area contributed by atoms with E-state index in [9.17, 15) is 27.1 Å². The van der Waals surface area contributed by atoms with Crippen molar-refractivity contribution < 1.29 is 27.1 Å². The minimum atomic E-state index is -3.44. The molecule has 2 aromatic rings. The third-order valence-corrected chi connectivity index (χ3v) is 9.94. The van der Waals surface area contributed by atoms with Crippen LogP contribution in [0.5, 0.6) is 0 Å². The van der Waals surface area contributed by atoms with Crippen LogP contribution >= 0.6 is 12.4 Å². The van der Waals surface area contributed by atoms with Gasteiger partial charge in [-0.3, -0.25) is 0 Å². The summed E-state index contributed by atoms with van der Waals surface area (Å²) in [6.45, 7) is 4.50. The van der Waals surface area contributed by atoms with Crippen molar-refractivity contribution in [1.29, 1.82) is 0 Å². The van der Waals surface area contributed by atoms with Crippen LogP contribution in [0.15, 0.2) is 64.6 Å². The van der Waals surface area contributed by atoms with Crippen LogP contribution in [-0.4, -0.2) is 49.8 Å². The van der Waals surface area contributed by atoms with Crippen LogP contribution in [0, 0.1) is 23.5 Å². The lowest BCUT2D eigenvalue weighted by atomic mass is 9.87. The molecule has 9 heteroatoms. The third kappa shape index (κ3) is 8.12. The molecule has 2 aromatic carbocycles. The summed E-state index contributed by atoms with van der Waals surface area (Å²) in [5, 5.41) is 9.81. The van der Waals surface area contributed by atoms with E-state index in [1.54, 1.807) is 12.1 Å². The van der Waals surface area contributed by atoms with E-state index in [2.05, 4.69) is 4.90 Å². The molecule has 0 amide bonds. The monoisotopic (exact) mass is 581 g/mol. The van der Waals surface area contributed by atoms with Crippen LogP contribution in [0.1, 0.15) is 63.4 Å². The summed E-state index contributed by atoms with van der Waals surface area (Å²) >= 11 is 0. The summed E-state index contributed by atoms with van der Waals surface area (Å²) in [6.07, 6.45) is 5.04. The van der Waals surface area contributed by atoms with Crippen LogP contribution in [0.25, 0.3) is 0 Å². The highest BCUT2D eigenvalue weighted by molar-refractivity contribution is 7.91. The van der Waals surface area contributed by atoms with Crippen LogP contribution in [0.3, 0.4) is 0 Å². The van der Waals surface area contributed by atoms with Crippen molar-refractivity contribution in [2.45, 2.75) is 62.7 Å². The van der Waals surface area contributed by atoms with Gasteiger partial charge in [0.05, 0.1) is 10.6 Å². The Labute approximate surface area is 236 Å². The molecule has 1 N–H and O–H groups in total. The molecule has 1 aliphatic heterocycles. The smallest absolute Gasteiger partial charge is 0.331 e. The molecule has 0 aromatic heterocycles. The van der Waals surface area contributed by atoms with Gasteiger partial charge in [0.15, 0.2) is 9.84 Å². The van der Waals surface area contributed by atoms with Crippen molar-refractivity contribution in [2.24, 2.45) is 11.8 Å². The van der Waals surface area contributed by atoms with Gasteiger partial charge in [-0.25, -0.2) is 22.0 Å². The molecule has 2 unspecified atom stereocenters. The Balaban J connectivity index is 0.00000420. The number of carboxylic acid groups (broad SMARTS) is 1. The highest BCUT2D eigenvalue weighted by Crippen LogP contribution is 2.45. The largest absolute Gasteiger partial charge is 0.478 e. The fourth-order valence-corrected chi connectivity index (χ4v) is 7.53. The Morgan fingerprint density at radius 3 is 2.33 bits per heavy atom. The molecule has 0 spiro atoms. The number of benzene rings is 2. The van der Waals surface area contributed by atoms with E-state index in [1.165, 1.54) is 30.3 Å². The van der Waals surface area contributed by atoms with Crippen molar-refractivity contribution in [1.82, 2.24) is 4.90 Å². The summed E-state index contributed by atoms with van der Waals surface area (Å²) in [5.74, 6) is -0.942. The van der Waals surface area contributed by atoms with Crippen molar-refractivity contribution in [3.8, 4) is 0 Å². The molecular weight excluding hydrogens is 544 g/mol. The number of rotatable bonds is 10. The zero-order valence-corrected chi connectivity index (χ0v) is 24.0. The average molecular weight is 582 g/mol. The molecule has 39 heavy (non-hydrogen) atoms. The molecule has 0 bridgehead atoms. The predicted octanol–water partition coefficient (Wildman–Crippen LogP) is 6.64. The second kappa shape index (κ2) is 13.9. The lowest BCUT2D eigenvalue weighted by Gasteiger charge is -2.35. The maximum Gasteiger partial charge on any atom is 0.331 e. The first-order valence-electron chi connectivity index (χ1n) is 13.6. The number of allylic oxidation sites excluding steroid dienone is 1. The second-order valence-corrected chi connectivity index (χ2v) is 12.9. The van der Waals surface area contributed by atoms with E-state index in [4.69, 9.17) is 0 Å². The number of carboxylic acids is 1. The predicted molar refractivity (Wildman–Crippen MR) is 151 cm³/mol. The Kier molecular flexibility index (Phi) is 11.1. The molecule has 214 valence electrons. The standard InChI is InChI=1S/C30H37F2NO4S.ClH/c1-2-4-28(30(34)35)23-17-24(29(19-23)22-5-3-6-26(32)18-22)20-33-14-11-21(12-15-33)13-16-38(36,37)27-9-7-25(31)8-10-27;/h3,5-10,18,21,24,29H,2,4,11-17,19-20H2,1H3,(H,34,35);1H/b28-23-;. The van der Waals surface area contributed by atoms with Crippen molar-refractivity contribution >= 4 is 28.2 Å².